The molecule has 4 aromatic rings. The third-order valence-electron chi connectivity index (χ3n) is 4.15. The Morgan fingerprint density at radius 2 is 1.89 bits per heavy atom. The predicted octanol–water partition coefficient (Wildman–Crippen LogP) is 6.17. The van der Waals surface area contributed by atoms with Gasteiger partial charge in [-0.25, -0.2) is 4.98 Å². The zero-order chi connectivity index (χ0) is 18.8. The number of thiophene rings is 1. The molecule has 2 heterocycles. The van der Waals surface area contributed by atoms with E-state index >= 15 is 0 Å². The Hall–Kier alpha value is -2.34. The predicted molar refractivity (Wildman–Crippen MR) is 119 cm³/mol. The van der Waals surface area contributed by atoms with Gasteiger partial charge in [0.25, 0.3) is 5.56 Å². The van der Waals surface area contributed by atoms with Gasteiger partial charge in [-0.1, -0.05) is 54.1 Å². The zero-order valence-corrected chi connectivity index (χ0v) is 16.8. The summed E-state index contributed by atoms with van der Waals surface area (Å²) in [5.41, 5.74) is 2.82. The number of thioether (sulfide) groups is 1. The van der Waals surface area contributed by atoms with Crippen molar-refractivity contribution in [3.63, 3.8) is 0 Å². The molecule has 0 radical (unpaired) electrons. The lowest BCUT2D eigenvalue weighted by atomic mass is 10.1. The quantitative estimate of drug-likeness (QED) is 0.437. The number of rotatable bonds is 4. The van der Waals surface area contributed by atoms with E-state index in [9.17, 15) is 4.79 Å². The first-order valence-corrected chi connectivity index (χ1v) is 10.7. The van der Waals surface area contributed by atoms with Gasteiger partial charge in [0.1, 0.15) is 10.7 Å². The minimum absolute atomic E-state index is 0.119. The van der Waals surface area contributed by atoms with Crippen LogP contribution in [-0.2, 0) is 0 Å². The van der Waals surface area contributed by atoms with Crippen molar-refractivity contribution < 1.29 is 0 Å². The lowest BCUT2D eigenvalue weighted by molar-refractivity contribution is 1.15. The molecule has 134 valence electrons. The summed E-state index contributed by atoms with van der Waals surface area (Å²) in [7, 11) is 0. The molecule has 0 unspecified atom stereocenters. The SMILES string of the molecule is CS/C(=C\c1ccc(Cl)cc1)c1nc2scc(-c3ccccc3)c2c(=O)[nH]1. The highest BCUT2D eigenvalue weighted by Gasteiger charge is 2.14. The first-order valence-electron chi connectivity index (χ1n) is 8.24. The number of benzene rings is 2. The molecule has 0 spiro atoms. The maximum absolute atomic E-state index is 12.8. The Labute approximate surface area is 169 Å². The number of hydrogen-bond acceptors (Lipinski definition) is 4. The molecule has 6 heteroatoms. The fourth-order valence-corrected chi connectivity index (χ4v) is 4.45. The van der Waals surface area contributed by atoms with Gasteiger partial charge in [-0.15, -0.1) is 23.1 Å². The van der Waals surface area contributed by atoms with E-state index in [2.05, 4.69) is 4.98 Å². The van der Waals surface area contributed by atoms with Gasteiger partial charge in [0.15, 0.2) is 0 Å². The van der Waals surface area contributed by atoms with Gasteiger partial charge >= 0.3 is 0 Å². The van der Waals surface area contributed by atoms with Crippen LogP contribution in [-0.4, -0.2) is 16.2 Å². The van der Waals surface area contributed by atoms with Crippen molar-refractivity contribution in [2.24, 2.45) is 0 Å². The molecule has 3 nitrogen and oxygen atoms in total. The van der Waals surface area contributed by atoms with E-state index in [1.807, 2.05) is 72.3 Å². The molecule has 0 aliphatic rings. The van der Waals surface area contributed by atoms with Crippen LogP contribution in [0, 0.1) is 0 Å². The molecule has 0 amide bonds. The molecular weight excluding hydrogens is 396 g/mol. The molecule has 0 saturated heterocycles. The number of halogens is 1. The normalized spacial score (nSPS) is 11.9. The fourth-order valence-electron chi connectivity index (χ4n) is 2.83. The third-order valence-corrected chi connectivity index (χ3v) is 6.03. The van der Waals surface area contributed by atoms with Gasteiger partial charge in [-0.05, 0) is 35.6 Å². The largest absolute Gasteiger partial charge is 0.305 e. The van der Waals surface area contributed by atoms with E-state index < -0.39 is 0 Å². The number of nitrogens with one attached hydrogen (secondary N) is 1. The second-order valence-electron chi connectivity index (χ2n) is 5.87. The second kappa shape index (κ2) is 7.72. The summed E-state index contributed by atoms with van der Waals surface area (Å²) in [6, 6.07) is 17.5. The molecule has 0 saturated carbocycles. The third kappa shape index (κ3) is 3.72. The van der Waals surface area contributed by atoms with E-state index in [1.54, 1.807) is 11.8 Å². The fraction of sp³-hybridized carbons (Fsp3) is 0.0476. The lowest BCUT2D eigenvalue weighted by Gasteiger charge is -2.05. The van der Waals surface area contributed by atoms with Gasteiger partial charge in [0.2, 0.25) is 0 Å². The van der Waals surface area contributed by atoms with E-state index in [-0.39, 0.29) is 5.56 Å². The van der Waals surface area contributed by atoms with E-state index in [4.69, 9.17) is 16.6 Å². The van der Waals surface area contributed by atoms with Gasteiger partial charge in [-0.2, -0.15) is 0 Å². The molecule has 1 N–H and O–H groups in total. The molecule has 0 fully saturated rings. The molecule has 0 bridgehead atoms. The van der Waals surface area contributed by atoms with Gasteiger partial charge in [0, 0.05) is 16.0 Å². The zero-order valence-electron chi connectivity index (χ0n) is 14.4. The molecule has 0 aliphatic carbocycles. The van der Waals surface area contributed by atoms with Crippen LogP contribution in [0.2, 0.25) is 5.02 Å². The van der Waals surface area contributed by atoms with Crippen LogP contribution >= 0.6 is 34.7 Å². The van der Waals surface area contributed by atoms with E-state index in [1.165, 1.54) is 11.3 Å². The standard InChI is InChI=1S/C21H15ClN2OS2/c1-26-17(11-13-7-9-15(22)10-8-13)19-23-20(25)18-16(12-27-21(18)24-19)14-5-3-2-4-6-14/h2-12H,1H3,(H,23,24,25)/b17-11-. The molecule has 2 aromatic carbocycles. The maximum atomic E-state index is 12.8. The average Bonchev–Trinajstić information content (AvgIpc) is 3.13. The van der Waals surface area contributed by atoms with Crippen molar-refractivity contribution in [3.05, 3.63) is 86.7 Å². The number of nitrogens with zero attached hydrogens (tertiary/aromatic N) is 1. The van der Waals surface area contributed by atoms with Crippen molar-refractivity contribution in [2.45, 2.75) is 0 Å². The minimum atomic E-state index is -0.119. The Kier molecular flexibility index (Phi) is 5.16. The summed E-state index contributed by atoms with van der Waals surface area (Å²) in [6.45, 7) is 0. The monoisotopic (exact) mass is 410 g/mol. The summed E-state index contributed by atoms with van der Waals surface area (Å²) in [4.78, 5) is 22.1. The number of aromatic amines is 1. The smallest absolute Gasteiger partial charge is 0.260 e. The van der Waals surface area contributed by atoms with Crippen molar-refractivity contribution in [3.8, 4) is 11.1 Å². The van der Waals surface area contributed by atoms with Crippen LogP contribution in [0.1, 0.15) is 11.4 Å². The second-order valence-corrected chi connectivity index (χ2v) is 8.02. The summed E-state index contributed by atoms with van der Waals surface area (Å²) in [6.07, 6.45) is 3.96. The Morgan fingerprint density at radius 1 is 1.15 bits per heavy atom. The summed E-state index contributed by atoms with van der Waals surface area (Å²) < 4.78 is 0. The van der Waals surface area contributed by atoms with Crippen LogP contribution in [0.5, 0.6) is 0 Å². The lowest BCUT2D eigenvalue weighted by Crippen LogP contribution is -2.10. The van der Waals surface area contributed by atoms with Crippen LogP contribution in [0.25, 0.3) is 32.3 Å². The minimum Gasteiger partial charge on any atom is -0.305 e. The molecule has 4 rings (SSSR count). The van der Waals surface area contributed by atoms with Gasteiger partial charge < -0.3 is 4.98 Å². The summed E-state index contributed by atoms with van der Waals surface area (Å²) in [5, 5.41) is 3.33. The molecular formula is C21H15ClN2OS2. The van der Waals surface area contributed by atoms with Crippen molar-refractivity contribution in [1.29, 1.82) is 0 Å². The number of fused-ring (bicyclic) bond motifs is 1. The highest BCUT2D eigenvalue weighted by atomic mass is 35.5. The Bertz CT molecular complexity index is 1180. The van der Waals surface area contributed by atoms with E-state index in [0.717, 1.165) is 26.4 Å². The summed E-state index contributed by atoms with van der Waals surface area (Å²) in [5.74, 6) is 0.580. The highest BCUT2D eigenvalue weighted by molar-refractivity contribution is 8.07. The molecule has 27 heavy (non-hydrogen) atoms. The van der Waals surface area contributed by atoms with Crippen molar-refractivity contribution in [1.82, 2.24) is 9.97 Å². The van der Waals surface area contributed by atoms with Crippen LogP contribution < -0.4 is 5.56 Å². The number of aromatic nitrogens is 2. The van der Waals surface area contributed by atoms with Crippen LogP contribution in [0.4, 0.5) is 0 Å². The van der Waals surface area contributed by atoms with Gasteiger partial charge in [0.05, 0.1) is 10.3 Å². The van der Waals surface area contributed by atoms with Gasteiger partial charge in [-0.3, -0.25) is 4.79 Å². The maximum Gasteiger partial charge on any atom is 0.260 e. The number of hydrogen-bond donors (Lipinski definition) is 1. The average molecular weight is 411 g/mol. The van der Waals surface area contributed by atoms with Crippen molar-refractivity contribution in [2.75, 3.05) is 6.26 Å². The van der Waals surface area contributed by atoms with Crippen LogP contribution in [0.15, 0.2) is 64.8 Å². The molecule has 0 aliphatic heterocycles. The highest BCUT2D eigenvalue weighted by Crippen LogP contribution is 2.32. The van der Waals surface area contributed by atoms with Crippen molar-refractivity contribution >= 4 is 55.9 Å². The van der Waals surface area contributed by atoms with E-state index in [0.29, 0.717) is 16.2 Å². The molecule has 2 aromatic heterocycles. The first kappa shape index (κ1) is 18.0. The molecule has 0 atom stereocenters. The Morgan fingerprint density at radius 3 is 2.59 bits per heavy atom. The summed E-state index contributed by atoms with van der Waals surface area (Å²) >= 11 is 8.98. The topological polar surface area (TPSA) is 45.8 Å². The van der Waals surface area contributed by atoms with Crippen LogP contribution in [0.3, 0.4) is 0 Å². The number of H-pyrrole nitrogens is 1. The first-order chi connectivity index (χ1) is 13.2. The Balaban J connectivity index is 1.81.